The van der Waals surface area contributed by atoms with Crippen LogP contribution in [-0.4, -0.2) is 34.1 Å². The Hall–Kier alpha value is -1.89. The SMILES string of the molecule is CCCN[C@H]1CCc2cc(-c3cc(N4CCCC4)ccc3S(N)(=O)=O)ccc2C1. The standard InChI is InChI=1S/C23H31N3O2S/c1-2-11-25-20-8-7-17-14-19(6-5-18(17)15-20)22-16-21(26-12-3-4-13-26)9-10-23(22)29(24,27)28/h5-6,9-10,14,16,20,25H,2-4,7-8,11-13,15H2,1H3,(H2,24,27,28)/t20-/m0/s1. The Morgan fingerprint density at radius 1 is 1.10 bits per heavy atom. The molecule has 29 heavy (non-hydrogen) atoms. The number of nitrogens with one attached hydrogen (secondary N) is 1. The van der Waals surface area contributed by atoms with Gasteiger partial charge in [-0.15, -0.1) is 0 Å². The molecule has 4 rings (SSSR count). The highest BCUT2D eigenvalue weighted by Crippen LogP contribution is 2.34. The molecule has 3 N–H and O–H groups in total. The van der Waals surface area contributed by atoms with Gasteiger partial charge < -0.3 is 10.2 Å². The van der Waals surface area contributed by atoms with E-state index in [2.05, 4.69) is 35.3 Å². The van der Waals surface area contributed by atoms with Crippen molar-refractivity contribution in [1.82, 2.24) is 5.32 Å². The maximum atomic E-state index is 12.2. The third-order valence-corrected chi connectivity index (χ3v) is 7.14. The van der Waals surface area contributed by atoms with Crippen molar-refractivity contribution in [2.75, 3.05) is 24.5 Å². The van der Waals surface area contributed by atoms with Gasteiger partial charge in [-0.3, -0.25) is 0 Å². The van der Waals surface area contributed by atoms with Crippen LogP contribution in [0.3, 0.4) is 0 Å². The molecule has 5 nitrogen and oxygen atoms in total. The first-order valence-corrected chi connectivity index (χ1v) is 12.3. The first kappa shape index (κ1) is 20.4. The molecule has 1 heterocycles. The van der Waals surface area contributed by atoms with Crippen molar-refractivity contribution in [3.05, 3.63) is 47.5 Å². The zero-order valence-corrected chi connectivity index (χ0v) is 18.0. The van der Waals surface area contributed by atoms with E-state index in [4.69, 9.17) is 5.14 Å². The Bertz CT molecular complexity index is 982. The van der Waals surface area contributed by atoms with E-state index in [0.717, 1.165) is 56.6 Å². The number of sulfonamides is 1. The van der Waals surface area contributed by atoms with Gasteiger partial charge in [0.1, 0.15) is 0 Å². The number of fused-ring (bicyclic) bond motifs is 1. The predicted molar refractivity (Wildman–Crippen MR) is 119 cm³/mol. The number of hydrogen-bond acceptors (Lipinski definition) is 4. The topological polar surface area (TPSA) is 75.4 Å². The van der Waals surface area contributed by atoms with Crippen molar-refractivity contribution >= 4 is 15.7 Å². The summed E-state index contributed by atoms with van der Waals surface area (Å²) in [6.07, 6.45) is 6.67. The zero-order chi connectivity index (χ0) is 20.4. The minimum atomic E-state index is -3.79. The van der Waals surface area contributed by atoms with Gasteiger partial charge in [0, 0.05) is 30.4 Å². The van der Waals surface area contributed by atoms with Crippen molar-refractivity contribution in [2.24, 2.45) is 5.14 Å². The first-order chi connectivity index (χ1) is 14.0. The molecule has 0 spiro atoms. The van der Waals surface area contributed by atoms with Gasteiger partial charge in [-0.1, -0.05) is 25.1 Å². The minimum absolute atomic E-state index is 0.207. The number of primary sulfonamides is 1. The third-order valence-electron chi connectivity index (χ3n) is 6.17. The van der Waals surface area contributed by atoms with Gasteiger partial charge in [-0.2, -0.15) is 0 Å². The quantitative estimate of drug-likeness (QED) is 0.760. The molecule has 2 aromatic carbocycles. The van der Waals surface area contributed by atoms with E-state index >= 15 is 0 Å². The maximum Gasteiger partial charge on any atom is 0.238 e. The lowest BCUT2D eigenvalue weighted by atomic mass is 9.86. The van der Waals surface area contributed by atoms with E-state index in [1.54, 1.807) is 6.07 Å². The number of nitrogens with zero attached hydrogens (tertiary/aromatic N) is 1. The minimum Gasteiger partial charge on any atom is -0.372 e. The van der Waals surface area contributed by atoms with Crippen LogP contribution in [0.15, 0.2) is 41.3 Å². The molecule has 156 valence electrons. The second-order valence-corrected chi connectivity index (χ2v) is 9.83. The Morgan fingerprint density at radius 3 is 2.62 bits per heavy atom. The predicted octanol–water partition coefficient (Wildman–Crippen LogP) is 3.46. The Balaban J connectivity index is 1.69. The van der Waals surface area contributed by atoms with E-state index in [9.17, 15) is 8.42 Å². The Morgan fingerprint density at radius 2 is 1.90 bits per heavy atom. The van der Waals surface area contributed by atoms with Crippen LogP contribution in [-0.2, 0) is 22.9 Å². The molecule has 2 aromatic rings. The molecular weight excluding hydrogens is 382 g/mol. The third kappa shape index (κ3) is 4.49. The first-order valence-electron chi connectivity index (χ1n) is 10.7. The molecule has 0 aromatic heterocycles. The Kier molecular flexibility index (Phi) is 5.95. The molecule has 2 aliphatic rings. The lowest BCUT2D eigenvalue weighted by molar-refractivity contribution is 0.459. The maximum absolute atomic E-state index is 12.2. The van der Waals surface area contributed by atoms with Crippen LogP contribution in [0.2, 0.25) is 0 Å². The number of rotatable bonds is 6. The summed E-state index contributed by atoms with van der Waals surface area (Å²) >= 11 is 0. The summed E-state index contributed by atoms with van der Waals surface area (Å²) in [5.41, 5.74) is 5.41. The average molecular weight is 414 g/mol. The lowest BCUT2D eigenvalue weighted by Gasteiger charge is -2.26. The van der Waals surface area contributed by atoms with Crippen molar-refractivity contribution in [3.63, 3.8) is 0 Å². The van der Waals surface area contributed by atoms with Crippen molar-refractivity contribution in [1.29, 1.82) is 0 Å². The number of nitrogens with two attached hydrogens (primary N) is 1. The van der Waals surface area contributed by atoms with E-state index in [1.165, 1.54) is 24.0 Å². The van der Waals surface area contributed by atoms with E-state index in [-0.39, 0.29) is 4.90 Å². The van der Waals surface area contributed by atoms with Gasteiger partial charge in [0.2, 0.25) is 10.0 Å². The molecular formula is C23H31N3O2S. The average Bonchev–Trinajstić information content (AvgIpc) is 3.25. The molecule has 1 aliphatic heterocycles. The van der Waals surface area contributed by atoms with Crippen LogP contribution in [0.25, 0.3) is 11.1 Å². The summed E-state index contributed by atoms with van der Waals surface area (Å²) in [6, 6.07) is 12.5. The van der Waals surface area contributed by atoms with E-state index in [0.29, 0.717) is 11.6 Å². The highest BCUT2D eigenvalue weighted by molar-refractivity contribution is 7.89. The fraction of sp³-hybridized carbons (Fsp3) is 0.478. The summed E-state index contributed by atoms with van der Waals surface area (Å²) in [7, 11) is -3.79. The largest absolute Gasteiger partial charge is 0.372 e. The monoisotopic (exact) mass is 413 g/mol. The molecule has 0 saturated carbocycles. The molecule has 0 radical (unpaired) electrons. The molecule has 1 fully saturated rings. The smallest absolute Gasteiger partial charge is 0.238 e. The second kappa shape index (κ2) is 8.46. The fourth-order valence-electron chi connectivity index (χ4n) is 4.61. The number of aryl methyl sites for hydroxylation is 1. The van der Waals surface area contributed by atoms with Gasteiger partial charge in [-0.05, 0) is 80.0 Å². The van der Waals surface area contributed by atoms with Gasteiger partial charge in [-0.25, -0.2) is 13.6 Å². The van der Waals surface area contributed by atoms with Gasteiger partial charge in [0.15, 0.2) is 0 Å². The zero-order valence-electron chi connectivity index (χ0n) is 17.2. The number of anilines is 1. The number of benzene rings is 2. The molecule has 6 heteroatoms. The van der Waals surface area contributed by atoms with Crippen LogP contribution in [0.4, 0.5) is 5.69 Å². The summed E-state index contributed by atoms with van der Waals surface area (Å²) in [6.45, 7) is 5.28. The van der Waals surface area contributed by atoms with Crippen LogP contribution in [0, 0.1) is 0 Å². The van der Waals surface area contributed by atoms with E-state index in [1.807, 2.05) is 12.1 Å². The summed E-state index contributed by atoms with van der Waals surface area (Å²) in [5, 5.41) is 9.18. The van der Waals surface area contributed by atoms with Crippen LogP contribution in [0.5, 0.6) is 0 Å². The van der Waals surface area contributed by atoms with Crippen molar-refractivity contribution in [2.45, 2.75) is 56.4 Å². The fourth-order valence-corrected chi connectivity index (χ4v) is 5.35. The number of hydrogen-bond donors (Lipinski definition) is 2. The lowest BCUT2D eigenvalue weighted by Crippen LogP contribution is -2.34. The van der Waals surface area contributed by atoms with Crippen LogP contribution < -0.4 is 15.4 Å². The molecule has 1 saturated heterocycles. The molecule has 0 amide bonds. The molecule has 1 atom stereocenters. The highest BCUT2D eigenvalue weighted by Gasteiger charge is 2.22. The normalized spacial score (nSPS) is 19.4. The van der Waals surface area contributed by atoms with Gasteiger partial charge in [0.25, 0.3) is 0 Å². The van der Waals surface area contributed by atoms with Crippen molar-refractivity contribution in [3.8, 4) is 11.1 Å². The summed E-state index contributed by atoms with van der Waals surface area (Å²) < 4.78 is 24.5. The molecule has 0 bridgehead atoms. The summed E-state index contributed by atoms with van der Waals surface area (Å²) in [5.74, 6) is 0. The molecule has 0 unspecified atom stereocenters. The summed E-state index contributed by atoms with van der Waals surface area (Å²) in [4.78, 5) is 2.53. The Labute approximate surface area is 174 Å². The van der Waals surface area contributed by atoms with Crippen LogP contribution >= 0.6 is 0 Å². The van der Waals surface area contributed by atoms with E-state index < -0.39 is 10.0 Å². The second-order valence-electron chi connectivity index (χ2n) is 8.30. The molecule has 1 aliphatic carbocycles. The van der Waals surface area contributed by atoms with Gasteiger partial charge in [0.05, 0.1) is 4.90 Å². The van der Waals surface area contributed by atoms with Crippen LogP contribution in [0.1, 0.15) is 43.7 Å². The highest BCUT2D eigenvalue weighted by atomic mass is 32.2. The van der Waals surface area contributed by atoms with Crippen molar-refractivity contribution < 1.29 is 8.42 Å². The van der Waals surface area contributed by atoms with Gasteiger partial charge >= 0.3 is 0 Å².